The molecule has 2 heterocycles. The monoisotopic (exact) mass is 265 g/mol. The average Bonchev–Trinajstić information content (AvgIpc) is 2.48. The number of aromatic nitrogens is 3. The van der Waals surface area contributed by atoms with Gasteiger partial charge in [-0.2, -0.15) is 0 Å². The molecule has 0 fully saturated rings. The summed E-state index contributed by atoms with van der Waals surface area (Å²) < 4.78 is 0. The summed E-state index contributed by atoms with van der Waals surface area (Å²) in [6.07, 6.45) is 5.19. The van der Waals surface area contributed by atoms with Crippen LogP contribution in [0.3, 0.4) is 0 Å². The predicted octanol–water partition coefficient (Wildman–Crippen LogP) is 3.20. The Hall–Kier alpha value is -2.69. The number of rotatable bonds is 4. The van der Waals surface area contributed by atoms with Gasteiger partial charge in [-0.25, -0.2) is 9.97 Å². The zero-order valence-corrected chi connectivity index (χ0v) is 11.2. The van der Waals surface area contributed by atoms with Gasteiger partial charge in [-0.3, -0.25) is 4.98 Å². The fourth-order valence-electron chi connectivity index (χ4n) is 2.07. The van der Waals surface area contributed by atoms with E-state index < -0.39 is 0 Å². The molecule has 0 unspecified atom stereocenters. The second-order valence-corrected chi connectivity index (χ2v) is 4.35. The number of benzene rings is 1. The number of hydrogen-bond donors (Lipinski definition) is 2. The van der Waals surface area contributed by atoms with Crippen LogP contribution in [0.1, 0.15) is 6.92 Å². The first kappa shape index (κ1) is 12.3. The first-order valence-corrected chi connectivity index (χ1v) is 6.52. The maximum Gasteiger partial charge on any atom is 0.135 e. The van der Waals surface area contributed by atoms with Crippen LogP contribution in [0.5, 0.6) is 0 Å². The highest BCUT2D eigenvalue weighted by Crippen LogP contribution is 2.25. The van der Waals surface area contributed by atoms with Crippen LogP contribution < -0.4 is 10.6 Å². The van der Waals surface area contributed by atoms with Crippen molar-refractivity contribution < 1.29 is 0 Å². The highest BCUT2D eigenvalue weighted by molar-refractivity contribution is 5.94. The van der Waals surface area contributed by atoms with Crippen molar-refractivity contribution >= 4 is 28.1 Å². The molecular formula is C15H15N5. The molecule has 0 atom stereocenters. The molecule has 5 heteroatoms. The van der Waals surface area contributed by atoms with Gasteiger partial charge < -0.3 is 10.6 Å². The summed E-state index contributed by atoms with van der Waals surface area (Å²) in [5, 5.41) is 8.71. The van der Waals surface area contributed by atoms with E-state index in [1.165, 1.54) is 0 Å². The first-order chi connectivity index (χ1) is 9.86. The van der Waals surface area contributed by atoms with Crippen molar-refractivity contribution in [3.8, 4) is 0 Å². The molecule has 2 N–H and O–H groups in total. The van der Waals surface area contributed by atoms with Gasteiger partial charge in [0, 0.05) is 41.5 Å². The van der Waals surface area contributed by atoms with Crippen molar-refractivity contribution in [3.05, 3.63) is 49.1 Å². The van der Waals surface area contributed by atoms with Gasteiger partial charge in [0.25, 0.3) is 0 Å². The van der Waals surface area contributed by atoms with E-state index in [2.05, 4.69) is 25.6 Å². The summed E-state index contributed by atoms with van der Waals surface area (Å²) >= 11 is 0. The third-order valence-electron chi connectivity index (χ3n) is 2.97. The lowest BCUT2D eigenvalue weighted by Gasteiger charge is -2.10. The third-order valence-corrected chi connectivity index (χ3v) is 2.97. The number of nitrogens with one attached hydrogen (secondary N) is 2. The largest absolute Gasteiger partial charge is 0.370 e. The van der Waals surface area contributed by atoms with Gasteiger partial charge in [-0.05, 0) is 19.1 Å². The highest BCUT2D eigenvalue weighted by atomic mass is 15.1. The lowest BCUT2D eigenvalue weighted by molar-refractivity contribution is 1.11. The number of hydrogen-bond acceptors (Lipinski definition) is 5. The van der Waals surface area contributed by atoms with E-state index in [-0.39, 0.29) is 0 Å². The molecule has 0 aliphatic rings. The minimum atomic E-state index is 0.764. The van der Waals surface area contributed by atoms with Crippen LogP contribution in [0.15, 0.2) is 49.1 Å². The quantitative estimate of drug-likeness (QED) is 0.758. The lowest BCUT2D eigenvalue weighted by Crippen LogP contribution is -2.01. The van der Waals surface area contributed by atoms with E-state index in [4.69, 9.17) is 0 Å². The van der Waals surface area contributed by atoms with Crippen LogP contribution in [0.25, 0.3) is 10.8 Å². The fourth-order valence-corrected chi connectivity index (χ4v) is 2.07. The Labute approximate surface area is 117 Å². The fraction of sp³-hybridized carbons (Fsp3) is 0.133. The van der Waals surface area contributed by atoms with Gasteiger partial charge in [0.05, 0.1) is 0 Å². The Kier molecular flexibility index (Phi) is 3.41. The summed E-state index contributed by atoms with van der Waals surface area (Å²) in [4.78, 5) is 12.5. The third kappa shape index (κ3) is 2.51. The second-order valence-electron chi connectivity index (χ2n) is 4.35. The van der Waals surface area contributed by atoms with E-state index in [9.17, 15) is 0 Å². The molecule has 0 aliphatic carbocycles. The van der Waals surface area contributed by atoms with Crippen molar-refractivity contribution in [1.82, 2.24) is 15.0 Å². The molecular weight excluding hydrogens is 250 g/mol. The molecule has 0 saturated heterocycles. The van der Waals surface area contributed by atoms with Crippen molar-refractivity contribution in [3.63, 3.8) is 0 Å². The molecule has 1 aromatic carbocycles. The molecule has 0 radical (unpaired) electrons. The number of pyridine rings is 1. The number of nitrogens with zero attached hydrogens (tertiary/aromatic N) is 3. The molecule has 0 saturated carbocycles. The Morgan fingerprint density at radius 1 is 1.10 bits per heavy atom. The van der Waals surface area contributed by atoms with Crippen molar-refractivity contribution in [1.29, 1.82) is 0 Å². The molecule has 0 spiro atoms. The van der Waals surface area contributed by atoms with Crippen molar-refractivity contribution in [2.75, 3.05) is 17.2 Å². The molecule has 20 heavy (non-hydrogen) atoms. The molecule has 5 nitrogen and oxygen atoms in total. The maximum absolute atomic E-state index is 4.25. The Morgan fingerprint density at radius 3 is 2.90 bits per heavy atom. The Balaban J connectivity index is 1.95. The molecule has 2 aromatic heterocycles. The summed E-state index contributed by atoms with van der Waals surface area (Å²) in [5.41, 5.74) is 1.01. The minimum absolute atomic E-state index is 0.764. The second kappa shape index (κ2) is 5.52. The molecule has 0 amide bonds. The first-order valence-electron chi connectivity index (χ1n) is 6.52. The molecule has 3 rings (SSSR count). The van der Waals surface area contributed by atoms with E-state index in [1.807, 2.05) is 43.5 Å². The zero-order chi connectivity index (χ0) is 13.8. The molecule has 0 bridgehead atoms. The molecule has 3 aromatic rings. The Morgan fingerprint density at radius 2 is 2.00 bits per heavy atom. The highest BCUT2D eigenvalue weighted by Gasteiger charge is 2.03. The minimum Gasteiger partial charge on any atom is -0.370 e. The van der Waals surface area contributed by atoms with Crippen molar-refractivity contribution in [2.45, 2.75) is 6.92 Å². The number of fused-ring (bicyclic) bond motifs is 1. The average molecular weight is 265 g/mol. The topological polar surface area (TPSA) is 62.7 Å². The molecule has 100 valence electrons. The predicted molar refractivity (Wildman–Crippen MR) is 81.2 cm³/mol. The summed E-state index contributed by atoms with van der Waals surface area (Å²) in [6, 6.07) is 9.95. The zero-order valence-electron chi connectivity index (χ0n) is 11.2. The summed E-state index contributed by atoms with van der Waals surface area (Å²) in [7, 11) is 0. The van der Waals surface area contributed by atoms with Gasteiger partial charge in [0.15, 0.2) is 0 Å². The van der Waals surface area contributed by atoms with Gasteiger partial charge in [-0.15, -0.1) is 0 Å². The lowest BCUT2D eigenvalue weighted by atomic mass is 10.1. The summed E-state index contributed by atoms with van der Waals surface area (Å²) in [6.45, 7) is 2.86. The smallest absolute Gasteiger partial charge is 0.135 e. The van der Waals surface area contributed by atoms with Gasteiger partial charge >= 0.3 is 0 Å². The standard InChI is InChI=1S/C15H15N5/c1-2-17-14-8-15(19-10-18-14)20-13-5-3-4-11-9-16-7-6-12(11)13/h3-10H,2H2,1H3,(H2,17,18,19,20). The Bertz CT molecular complexity index is 721. The van der Waals surface area contributed by atoms with Crippen LogP contribution in [0.2, 0.25) is 0 Å². The van der Waals surface area contributed by atoms with E-state index in [0.29, 0.717) is 0 Å². The van der Waals surface area contributed by atoms with Gasteiger partial charge in [0.2, 0.25) is 0 Å². The van der Waals surface area contributed by atoms with E-state index in [0.717, 1.165) is 34.6 Å². The number of anilines is 3. The van der Waals surface area contributed by atoms with Crippen LogP contribution in [0.4, 0.5) is 17.3 Å². The van der Waals surface area contributed by atoms with Gasteiger partial charge in [-0.1, -0.05) is 12.1 Å². The molecule has 0 aliphatic heterocycles. The SMILES string of the molecule is CCNc1cc(Nc2cccc3cnccc23)ncn1. The van der Waals surface area contributed by atoms with Crippen LogP contribution >= 0.6 is 0 Å². The van der Waals surface area contributed by atoms with Crippen molar-refractivity contribution in [2.24, 2.45) is 0 Å². The van der Waals surface area contributed by atoms with Crippen LogP contribution in [-0.4, -0.2) is 21.5 Å². The van der Waals surface area contributed by atoms with Gasteiger partial charge in [0.1, 0.15) is 18.0 Å². The normalized spacial score (nSPS) is 10.4. The maximum atomic E-state index is 4.25. The van der Waals surface area contributed by atoms with E-state index >= 15 is 0 Å². The summed E-state index contributed by atoms with van der Waals surface area (Å²) in [5.74, 6) is 1.58. The van der Waals surface area contributed by atoms with Crippen LogP contribution in [-0.2, 0) is 0 Å². The van der Waals surface area contributed by atoms with Crippen LogP contribution in [0, 0.1) is 0 Å². The van der Waals surface area contributed by atoms with E-state index in [1.54, 1.807) is 12.5 Å².